The van der Waals surface area contributed by atoms with Gasteiger partial charge in [0.05, 0.1) is 25.4 Å². The van der Waals surface area contributed by atoms with Crippen LogP contribution in [-0.4, -0.2) is 98.7 Å². The van der Waals surface area contributed by atoms with E-state index in [1.54, 1.807) is 6.08 Å². The molecule has 0 saturated carbocycles. The number of carbonyl (C=O) groups is 1. The Bertz CT molecular complexity index is 1150. The molecule has 0 aromatic rings. The molecule has 0 aromatic carbocycles. The number of nitrogens with one attached hydrogen (secondary N) is 1. The van der Waals surface area contributed by atoms with Crippen LogP contribution in [-0.2, 0) is 14.3 Å². The predicted octanol–water partition coefficient (Wildman–Crippen LogP) is 12.2. The Morgan fingerprint density at radius 1 is 0.515 bits per heavy atom. The van der Waals surface area contributed by atoms with E-state index in [2.05, 4.69) is 43.5 Å². The topological polar surface area (TPSA) is 169 Å². The zero-order valence-electron chi connectivity index (χ0n) is 42.6. The van der Waals surface area contributed by atoms with E-state index >= 15 is 0 Å². The van der Waals surface area contributed by atoms with Crippen LogP contribution in [0.1, 0.15) is 251 Å². The minimum Gasteiger partial charge on any atom is -0.394 e. The lowest BCUT2D eigenvalue weighted by molar-refractivity contribution is -0.302. The summed E-state index contributed by atoms with van der Waals surface area (Å²) in [5, 5.41) is 64.8. The van der Waals surface area contributed by atoms with Gasteiger partial charge in [-0.1, -0.05) is 243 Å². The van der Waals surface area contributed by atoms with Crippen molar-refractivity contribution in [3.05, 3.63) is 36.5 Å². The lowest BCUT2D eigenvalue weighted by atomic mass is 9.99. The minimum absolute atomic E-state index is 0.304. The summed E-state index contributed by atoms with van der Waals surface area (Å²) in [5.41, 5.74) is 0. The fourth-order valence-corrected chi connectivity index (χ4v) is 8.78. The van der Waals surface area contributed by atoms with Crippen LogP contribution in [0.5, 0.6) is 0 Å². The number of aliphatic hydroxyl groups excluding tert-OH is 6. The van der Waals surface area contributed by atoms with E-state index in [0.29, 0.717) is 19.3 Å². The Hall–Kier alpha value is -1.63. The van der Waals surface area contributed by atoms with E-state index in [9.17, 15) is 35.4 Å². The number of ether oxygens (including phenoxy) is 2. The van der Waals surface area contributed by atoms with E-state index in [0.717, 1.165) is 44.9 Å². The first-order chi connectivity index (χ1) is 32.3. The first-order valence-corrected chi connectivity index (χ1v) is 27.8. The normalized spacial score (nSPS) is 20.5. The second-order valence-corrected chi connectivity index (χ2v) is 19.5. The van der Waals surface area contributed by atoms with Gasteiger partial charge in [0.2, 0.25) is 5.91 Å². The molecule has 10 heteroatoms. The van der Waals surface area contributed by atoms with Gasteiger partial charge in [-0.3, -0.25) is 4.79 Å². The highest BCUT2D eigenvalue weighted by atomic mass is 16.7. The van der Waals surface area contributed by atoms with Crippen molar-refractivity contribution in [2.45, 2.75) is 300 Å². The Balaban J connectivity index is 2.24. The predicted molar refractivity (Wildman–Crippen MR) is 273 cm³/mol. The fraction of sp³-hybridized carbons (Fsp3) is 0.875. The van der Waals surface area contributed by atoms with Crippen LogP contribution < -0.4 is 5.32 Å². The van der Waals surface area contributed by atoms with Crippen molar-refractivity contribution in [3.63, 3.8) is 0 Å². The van der Waals surface area contributed by atoms with E-state index in [4.69, 9.17) is 9.47 Å². The molecule has 8 unspecified atom stereocenters. The molecule has 1 fully saturated rings. The van der Waals surface area contributed by atoms with Gasteiger partial charge in [0.1, 0.15) is 30.5 Å². The Morgan fingerprint density at radius 3 is 1.32 bits per heavy atom. The molecule has 1 rings (SSSR count). The Labute approximate surface area is 404 Å². The zero-order valence-corrected chi connectivity index (χ0v) is 42.6. The maximum absolute atomic E-state index is 13.1. The highest BCUT2D eigenvalue weighted by molar-refractivity contribution is 5.80. The summed E-state index contributed by atoms with van der Waals surface area (Å²) >= 11 is 0. The summed E-state index contributed by atoms with van der Waals surface area (Å²) < 4.78 is 11.1. The van der Waals surface area contributed by atoms with Crippen molar-refractivity contribution < 1.29 is 44.9 Å². The van der Waals surface area contributed by atoms with Gasteiger partial charge in [0, 0.05) is 0 Å². The van der Waals surface area contributed by atoms with Gasteiger partial charge in [-0.2, -0.15) is 0 Å². The molecule has 0 radical (unpaired) electrons. The number of aliphatic hydroxyl groups is 6. The Morgan fingerprint density at radius 2 is 0.894 bits per heavy atom. The van der Waals surface area contributed by atoms with Crippen LogP contribution in [0.4, 0.5) is 0 Å². The van der Waals surface area contributed by atoms with Crippen molar-refractivity contribution in [3.8, 4) is 0 Å². The SMILES string of the molecule is CCCCCC/C=C/CC/C=C/CC/C=C/C(O)C(COC1OC(CO)C(O)C(O)C1O)NC(=O)C(O)CCCCCCCCCCCCCCCCCCCCCCCCCCCCC. The standard InChI is InChI=1S/C56H105NO9/c1-3-5-7-9-11-13-15-17-19-20-21-22-23-24-25-26-27-28-29-30-31-33-35-37-39-41-43-45-50(60)55(64)57-48(47-65-56-54(63)53(62)52(61)51(46-58)66-56)49(59)44-42-40-38-36-34-32-18-16-14-12-10-8-6-4-2/h14,16,34,36,42,44,48-54,56,58-63H,3-13,15,17-33,35,37-41,43,45-47H2,1-2H3,(H,57,64)/b16-14+,36-34+,44-42+. The molecule has 7 N–H and O–H groups in total. The summed E-state index contributed by atoms with van der Waals surface area (Å²) in [6.07, 6.45) is 48.3. The van der Waals surface area contributed by atoms with Crippen molar-refractivity contribution >= 4 is 5.91 Å². The maximum atomic E-state index is 13.1. The van der Waals surface area contributed by atoms with Crippen molar-refractivity contribution in [1.29, 1.82) is 0 Å². The third-order valence-electron chi connectivity index (χ3n) is 13.3. The molecule has 66 heavy (non-hydrogen) atoms. The van der Waals surface area contributed by atoms with Crippen LogP contribution in [0, 0.1) is 0 Å². The van der Waals surface area contributed by atoms with Crippen molar-refractivity contribution in [1.82, 2.24) is 5.32 Å². The molecule has 0 bridgehead atoms. The van der Waals surface area contributed by atoms with E-state index in [-0.39, 0.29) is 6.61 Å². The lowest BCUT2D eigenvalue weighted by Crippen LogP contribution is -2.60. The van der Waals surface area contributed by atoms with Gasteiger partial charge in [-0.05, 0) is 44.9 Å². The quantitative estimate of drug-likeness (QED) is 0.0232. The molecule has 8 atom stereocenters. The van der Waals surface area contributed by atoms with E-state index in [1.807, 2.05) is 6.08 Å². The summed E-state index contributed by atoms with van der Waals surface area (Å²) in [6.45, 7) is 3.59. The van der Waals surface area contributed by atoms with Crippen LogP contribution in [0.15, 0.2) is 36.5 Å². The number of rotatable bonds is 47. The summed E-state index contributed by atoms with van der Waals surface area (Å²) in [5.74, 6) is -0.627. The van der Waals surface area contributed by atoms with Gasteiger partial charge >= 0.3 is 0 Å². The van der Waals surface area contributed by atoms with Crippen LogP contribution in [0.2, 0.25) is 0 Å². The summed E-state index contributed by atoms with van der Waals surface area (Å²) in [4.78, 5) is 13.1. The maximum Gasteiger partial charge on any atom is 0.249 e. The second kappa shape index (κ2) is 45.8. The van der Waals surface area contributed by atoms with E-state index < -0.39 is 61.5 Å². The molecule has 1 aliphatic rings. The van der Waals surface area contributed by atoms with Crippen LogP contribution in [0.3, 0.4) is 0 Å². The number of amides is 1. The smallest absolute Gasteiger partial charge is 0.249 e. The number of unbranched alkanes of at least 4 members (excludes halogenated alkanes) is 32. The monoisotopic (exact) mass is 936 g/mol. The molecule has 10 nitrogen and oxygen atoms in total. The average molecular weight is 936 g/mol. The summed E-state index contributed by atoms with van der Waals surface area (Å²) in [6, 6.07) is -1.00. The molecular weight excluding hydrogens is 831 g/mol. The molecule has 1 heterocycles. The highest BCUT2D eigenvalue weighted by Gasteiger charge is 2.44. The molecule has 1 saturated heterocycles. The van der Waals surface area contributed by atoms with Gasteiger partial charge < -0.3 is 45.4 Å². The molecule has 388 valence electrons. The highest BCUT2D eigenvalue weighted by Crippen LogP contribution is 2.23. The van der Waals surface area contributed by atoms with Crippen molar-refractivity contribution in [2.24, 2.45) is 0 Å². The van der Waals surface area contributed by atoms with Crippen LogP contribution >= 0.6 is 0 Å². The Kier molecular flexibility index (Phi) is 43.3. The average Bonchev–Trinajstić information content (AvgIpc) is 3.32. The third-order valence-corrected chi connectivity index (χ3v) is 13.3. The molecule has 1 aliphatic heterocycles. The molecule has 1 amide bonds. The van der Waals surface area contributed by atoms with Crippen molar-refractivity contribution in [2.75, 3.05) is 13.2 Å². The minimum atomic E-state index is -1.62. The fourth-order valence-electron chi connectivity index (χ4n) is 8.78. The number of hydrogen-bond donors (Lipinski definition) is 7. The molecule has 0 aromatic heterocycles. The zero-order chi connectivity index (χ0) is 48.1. The van der Waals surface area contributed by atoms with Gasteiger partial charge in [-0.15, -0.1) is 0 Å². The lowest BCUT2D eigenvalue weighted by Gasteiger charge is -2.40. The number of allylic oxidation sites excluding steroid dienone is 5. The first-order valence-electron chi connectivity index (χ1n) is 27.8. The summed E-state index contributed by atoms with van der Waals surface area (Å²) in [7, 11) is 0. The number of carbonyl (C=O) groups excluding carboxylic acids is 1. The van der Waals surface area contributed by atoms with Gasteiger partial charge in [0.25, 0.3) is 0 Å². The van der Waals surface area contributed by atoms with Crippen LogP contribution in [0.25, 0.3) is 0 Å². The van der Waals surface area contributed by atoms with Gasteiger partial charge in [0.15, 0.2) is 6.29 Å². The van der Waals surface area contributed by atoms with E-state index in [1.165, 1.54) is 173 Å². The van der Waals surface area contributed by atoms with Gasteiger partial charge in [-0.25, -0.2) is 0 Å². The second-order valence-electron chi connectivity index (χ2n) is 19.5. The number of hydrogen-bond acceptors (Lipinski definition) is 9. The molecule has 0 spiro atoms. The first kappa shape index (κ1) is 62.4. The molecule has 0 aliphatic carbocycles. The molecular formula is C56H105NO9. The third kappa shape index (κ3) is 34.6. The largest absolute Gasteiger partial charge is 0.394 e.